The van der Waals surface area contributed by atoms with Gasteiger partial charge in [0.05, 0.1) is 16.6 Å². The number of pyridine rings is 1. The molecule has 0 aliphatic carbocycles. The highest BCUT2D eigenvalue weighted by Gasteiger charge is 2.19. The zero-order valence-corrected chi connectivity index (χ0v) is 10.2. The summed E-state index contributed by atoms with van der Waals surface area (Å²) in [6, 6.07) is 2.46. The Kier molecular flexibility index (Phi) is 3.49. The topological polar surface area (TPSA) is 98.0 Å². The number of rotatable bonds is 3. The highest BCUT2D eigenvalue weighted by atomic mass is 35.5. The fourth-order valence-corrected chi connectivity index (χ4v) is 1.83. The van der Waals surface area contributed by atoms with Gasteiger partial charge in [0.1, 0.15) is 10.0 Å². The number of aromatic nitrogens is 2. The number of nitro groups is 1. The molecule has 2 aromatic heterocycles. The molecule has 0 fully saturated rings. The zero-order chi connectivity index (χ0) is 13.1. The van der Waals surface area contributed by atoms with Crippen molar-refractivity contribution in [3.63, 3.8) is 0 Å². The second-order valence-corrected chi connectivity index (χ2v) is 4.35. The Morgan fingerprint density at radius 2 is 2.28 bits per heavy atom. The molecule has 1 amide bonds. The lowest BCUT2D eigenvalue weighted by molar-refractivity contribution is -0.384. The lowest BCUT2D eigenvalue weighted by Gasteiger charge is -2.03. The molecule has 0 spiro atoms. The van der Waals surface area contributed by atoms with Crippen molar-refractivity contribution in [2.45, 2.75) is 0 Å². The highest BCUT2D eigenvalue weighted by molar-refractivity contribution is 7.11. The van der Waals surface area contributed by atoms with Crippen molar-refractivity contribution in [2.24, 2.45) is 0 Å². The number of hydrogen-bond donors (Lipinski definition) is 1. The normalized spacial score (nSPS) is 10.1. The number of nitrogens with zero attached hydrogens (tertiary/aromatic N) is 3. The van der Waals surface area contributed by atoms with Crippen molar-refractivity contribution in [3.05, 3.63) is 44.0 Å². The third-order valence-electron chi connectivity index (χ3n) is 1.92. The number of nitrogens with one attached hydrogen (secondary N) is 1. The second kappa shape index (κ2) is 5.07. The fraction of sp³-hybridized carbons (Fsp3) is 0. The first-order chi connectivity index (χ1) is 8.58. The van der Waals surface area contributed by atoms with E-state index < -0.39 is 10.8 Å². The summed E-state index contributed by atoms with van der Waals surface area (Å²) >= 11 is 6.75. The summed E-state index contributed by atoms with van der Waals surface area (Å²) in [4.78, 5) is 29.6. The minimum atomic E-state index is -0.647. The van der Waals surface area contributed by atoms with E-state index in [4.69, 9.17) is 11.6 Å². The van der Waals surface area contributed by atoms with Crippen molar-refractivity contribution in [1.29, 1.82) is 0 Å². The number of carbonyl (C=O) groups excluding carboxylic acids is 1. The molecular weight excluding hydrogens is 280 g/mol. The number of amides is 1. The SMILES string of the molecule is O=C(Nc1nc(Cl)ccc1[N+](=O)[O-])c1cncs1. The molecule has 1 N–H and O–H groups in total. The molecule has 0 aromatic carbocycles. The van der Waals surface area contributed by atoms with Gasteiger partial charge in [-0.2, -0.15) is 0 Å². The van der Waals surface area contributed by atoms with E-state index in [1.807, 2.05) is 0 Å². The van der Waals surface area contributed by atoms with Gasteiger partial charge < -0.3 is 0 Å². The van der Waals surface area contributed by atoms with E-state index >= 15 is 0 Å². The minimum Gasteiger partial charge on any atom is -0.300 e. The maximum absolute atomic E-state index is 11.7. The molecule has 0 unspecified atom stereocenters. The quantitative estimate of drug-likeness (QED) is 0.530. The first-order valence-electron chi connectivity index (χ1n) is 4.58. The van der Waals surface area contributed by atoms with E-state index in [1.165, 1.54) is 23.8 Å². The average Bonchev–Trinajstić information content (AvgIpc) is 2.81. The maximum Gasteiger partial charge on any atom is 0.311 e. The summed E-state index contributed by atoms with van der Waals surface area (Å²) < 4.78 is 0. The molecular formula is C9H5ClN4O3S. The first-order valence-corrected chi connectivity index (χ1v) is 5.84. The van der Waals surface area contributed by atoms with Gasteiger partial charge in [-0.15, -0.1) is 11.3 Å². The zero-order valence-electron chi connectivity index (χ0n) is 8.66. The molecule has 7 nitrogen and oxygen atoms in total. The smallest absolute Gasteiger partial charge is 0.300 e. The third kappa shape index (κ3) is 2.60. The Morgan fingerprint density at radius 1 is 1.50 bits per heavy atom. The van der Waals surface area contributed by atoms with Gasteiger partial charge in [0.25, 0.3) is 5.91 Å². The van der Waals surface area contributed by atoms with Crippen LogP contribution in [0.15, 0.2) is 23.8 Å². The van der Waals surface area contributed by atoms with Gasteiger partial charge in [-0.1, -0.05) is 11.6 Å². The summed E-state index contributed by atoms with van der Waals surface area (Å²) in [6.07, 6.45) is 1.36. The Labute approximate surface area is 110 Å². The minimum absolute atomic E-state index is 0.0557. The standard InChI is InChI=1S/C9H5ClN4O3S/c10-7-2-1-5(14(16)17)8(12-7)13-9(15)6-3-11-4-18-6/h1-4H,(H,12,13,15). The van der Waals surface area contributed by atoms with Crippen LogP contribution in [0.25, 0.3) is 0 Å². The lowest BCUT2D eigenvalue weighted by Crippen LogP contribution is -2.13. The third-order valence-corrected chi connectivity index (χ3v) is 2.91. The lowest BCUT2D eigenvalue weighted by atomic mass is 10.4. The average molecular weight is 285 g/mol. The van der Waals surface area contributed by atoms with E-state index in [1.54, 1.807) is 0 Å². The molecule has 0 atom stereocenters. The molecule has 92 valence electrons. The van der Waals surface area contributed by atoms with Crippen molar-refractivity contribution in [1.82, 2.24) is 9.97 Å². The summed E-state index contributed by atoms with van der Waals surface area (Å²) in [7, 11) is 0. The Morgan fingerprint density at radius 3 is 2.89 bits per heavy atom. The molecule has 18 heavy (non-hydrogen) atoms. The van der Waals surface area contributed by atoms with Crippen LogP contribution in [0.5, 0.6) is 0 Å². The van der Waals surface area contributed by atoms with Gasteiger partial charge >= 0.3 is 5.69 Å². The van der Waals surface area contributed by atoms with E-state index in [9.17, 15) is 14.9 Å². The van der Waals surface area contributed by atoms with Crippen LogP contribution < -0.4 is 5.32 Å². The van der Waals surface area contributed by atoms with Gasteiger partial charge in [0.2, 0.25) is 5.82 Å². The maximum atomic E-state index is 11.7. The second-order valence-electron chi connectivity index (χ2n) is 3.08. The summed E-state index contributed by atoms with van der Waals surface area (Å²) in [5.41, 5.74) is 1.16. The van der Waals surface area contributed by atoms with Gasteiger partial charge in [0, 0.05) is 6.07 Å². The molecule has 9 heteroatoms. The fourth-order valence-electron chi connectivity index (χ4n) is 1.16. The van der Waals surface area contributed by atoms with E-state index in [0.717, 1.165) is 11.3 Å². The molecule has 0 aliphatic rings. The summed E-state index contributed by atoms with van der Waals surface area (Å²) in [6.45, 7) is 0. The van der Waals surface area contributed by atoms with Crippen LogP contribution in [-0.2, 0) is 0 Å². The number of carbonyl (C=O) groups is 1. The van der Waals surface area contributed by atoms with Gasteiger partial charge in [0.15, 0.2) is 0 Å². The van der Waals surface area contributed by atoms with Gasteiger partial charge in [-0.3, -0.25) is 25.2 Å². The number of anilines is 1. The molecule has 0 saturated carbocycles. The van der Waals surface area contributed by atoms with E-state index in [-0.39, 0.29) is 16.7 Å². The molecule has 0 radical (unpaired) electrons. The van der Waals surface area contributed by atoms with Crippen LogP contribution in [0.1, 0.15) is 9.67 Å². The van der Waals surface area contributed by atoms with Crippen LogP contribution in [0.4, 0.5) is 11.5 Å². The Hall–Kier alpha value is -2.06. The van der Waals surface area contributed by atoms with Crippen molar-refractivity contribution in [2.75, 3.05) is 5.32 Å². The predicted octanol–water partition coefficient (Wildman–Crippen LogP) is 2.35. The van der Waals surface area contributed by atoms with Crippen LogP contribution in [0, 0.1) is 10.1 Å². The van der Waals surface area contributed by atoms with Crippen LogP contribution in [-0.4, -0.2) is 20.8 Å². The first kappa shape index (κ1) is 12.4. The molecule has 2 aromatic rings. The van der Waals surface area contributed by atoms with Crippen LogP contribution in [0.2, 0.25) is 5.15 Å². The monoisotopic (exact) mass is 284 g/mol. The van der Waals surface area contributed by atoms with E-state index in [0.29, 0.717) is 4.88 Å². The van der Waals surface area contributed by atoms with Crippen LogP contribution in [0.3, 0.4) is 0 Å². The van der Waals surface area contributed by atoms with Crippen molar-refractivity contribution < 1.29 is 9.72 Å². The number of halogens is 1. The van der Waals surface area contributed by atoms with E-state index in [2.05, 4.69) is 15.3 Å². The molecule has 0 aliphatic heterocycles. The molecule has 2 rings (SSSR count). The summed E-state index contributed by atoms with van der Waals surface area (Å²) in [5, 5.41) is 13.1. The molecule has 0 saturated heterocycles. The summed E-state index contributed by atoms with van der Waals surface area (Å²) in [5.74, 6) is -0.707. The number of thiazole rings is 1. The number of hydrogen-bond acceptors (Lipinski definition) is 6. The Bertz CT molecular complexity index is 602. The molecule has 0 bridgehead atoms. The van der Waals surface area contributed by atoms with Crippen molar-refractivity contribution >= 4 is 40.4 Å². The van der Waals surface area contributed by atoms with Crippen LogP contribution >= 0.6 is 22.9 Å². The van der Waals surface area contributed by atoms with Gasteiger partial charge in [-0.05, 0) is 6.07 Å². The molecule has 2 heterocycles. The highest BCUT2D eigenvalue weighted by Crippen LogP contribution is 2.24. The Balaban J connectivity index is 2.31. The predicted molar refractivity (Wildman–Crippen MR) is 66.0 cm³/mol. The van der Waals surface area contributed by atoms with Gasteiger partial charge in [-0.25, -0.2) is 4.98 Å². The largest absolute Gasteiger partial charge is 0.311 e. The van der Waals surface area contributed by atoms with Crippen molar-refractivity contribution in [3.8, 4) is 0 Å².